The molecule has 0 spiro atoms. The highest BCUT2D eigenvalue weighted by Gasteiger charge is 2.28. The van der Waals surface area contributed by atoms with Gasteiger partial charge < -0.3 is 30.1 Å². The number of anilines is 3. The zero-order chi connectivity index (χ0) is 26.3. The summed E-state index contributed by atoms with van der Waals surface area (Å²) in [4.78, 5) is 26.6. The summed E-state index contributed by atoms with van der Waals surface area (Å²) in [6.45, 7) is 6.01. The van der Waals surface area contributed by atoms with Crippen molar-refractivity contribution < 1.29 is 28.6 Å². The number of carbonyl (C=O) groups excluding carboxylic acids is 1. The molecule has 1 fully saturated rings. The van der Waals surface area contributed by atoms with E-state index in [0.717, 1.165) is 30.2 Å². The van der Waals surface area contributed by atoms with Gasteiger partial charge in [0.15, 0.2) is 0 Å². The number of nitrogens with zero attached hydrogens (tertiary/aromatic N) is 1. The number of amides is 2. The molecule has 0 bridgehead atoms. The van der Waals surface area contributed by atoms with Crippen LogP contribution in [-0.4, -0.2) is 56.6 Å². The molecule has 36 heavy (non-hydrogen) atoms. The van der Waals surface area contributed by atoms with E-state index in [0.29, 0.717) is 32.1 Å². The second-order valence-corrected chi connectivity index (χ2v) is 9.86. The van der Waals surface area contributed by atoms with Crippen molar-refractivity contribution in [1.82, 2.24) is 0 Å². The molecule has 0 atom stereocenters. The van der Waals surface area contributed by atoms with Gasteiger partial charge in [0, 0.05) is 43.3 Å². The van der Waals surface area contributed by atoms with E-state index >= 15 is 0 Å². The highest BCUT2D eigenvalue weighted by molar-refractivity contribution is 6.30. The van der Waals surface area contributed by atoms with Gasteiger partial charge in [-0.15, -0.1) is 0 Å². The van der Waals surface area contributed by atoms with Crippen LogP contribution in [0, 0.1) is 5.82 Å². The summed E-state index contributed by atoms with van der Waals surface area (Å²) in [7, 11) is 1.63. The molecule has 0 aliphatic carbocycles. The normalized spacial score (nSPS) is 14.4. The van der Waals surface area contributed by atoms with Gasteiger partial charge in [-0.2, -0.15) is 0 Å². The molecule has 1 aliphatic heterocycles. The number of hydrogen-bond acceptors (Lipinski definition) is 5. The van der Waals surface area contributed by atoms with Crippen LogP contribution in [0.25, 0.3) is 0 Å². The largest absolute Gasteiger partial charge is 0.481 e. The number of carboxylic acid groups (broad SMARTS) is 1. The smallest absolute Gasteiger partial charge is 0.323 e. The van der Waals surface area contributed by atoms with Gasteiger partial charge >= 0.3 is 12.0 Å². The van der Waals surface area contributed by atoms with E-state index in [9.17, 15) is 19.1 Å². The number of methoxy groups -OCH3 is 1. The first-order valence-corrected chi connectivity index (χ1v) is 12.2. The van der Waals surface area contributed by atoms with Crippen LogP contribution in [0.3, 0.4) is 0 Å². The van der Waals surface area contributed by atoms with Gasteiger partial charge in [-0.3, -0.25) is 4.79 Å². The molecule has 8 nitrogen and oxygen atoms in total. The predicted octanol–water partition coefficient (Wildman–Crippen LogP) is 5.51. The van der Waals surface area contributed by atoms with Crippen molar-refractivity contribution in [3.63, 3.8) is 0 Å². The summed E-state index contributed by atoms with van der Waals surface area (Å²) >= 11 is 5.82. The van der Waals surface area contributed by atoms with Gasteiger partial charge in [0.05, 0.1) is 30.1 Å². The number of benzene rings is 2. The molecule has 1 saturated heterocycles. The third kappa shape index (κ3) is 7.32. The van der Waals surface area contributed by atoms with E-state index in [1.165, 1.54) is 12.1 Å². The molecule has 2 aromatic carbocycles. The first kappa shape index (κ1) is 27.7. The Hall–Kier alpha value is -2.88. The van der Waals surface area contributed by atoms with Crippen molar-refractivity contribution in [1.29, 1.82) is 0 Å². The lowest BCUT2D eigenvalue weighted by Gasteiger charge is -2.37. The standard InChI is InChI=1S/C26H33ClFN3O5/c1-26(2,16-24(32)33)17-4-7-23(31(10-13-35-3)19-8-11-36-12-9-19)22(14-17)30-25(34)29-21-6-5-18(27)15-20(21)28/h4-7,14-15,19H,8-13,16H2,1-3H3,(H,32,33)(H2,29,30,34). The Bertz CT molecular complexity index is 1080. The minimum Gasteiger partial charge on any atom is -0.481 e. The minimum absolute atomic E-state index is 0.0125. The van der Waals surface area contributed by atoms with Crippen LogP contribution in [0.2, 0.25) is 5.02 Å². The van der Waals surface area contributed by atoms with Crippen LogP contribution in [0.15, 0.2) is 36.4 Å². The fourth-order valence-corrected chi connectivity index (χ4v) is 4.50. The lowest BCUT2D eigenvalue weighted by Crippen LogP contribution is -2.42. The summed E-state index contributed by atoms with van der Waals surface area (Å²) in [5, 5.41) is 15.0. The van der Waals surface area contributed by atoms with Gasteiger partial charge in [0.25, 0.3) is 0 Å². The van der Waals surface area contributed by atoms with Crippen LogP contribution >= 0.6 is 11.6 Å². The second kappa shape index (κ2) is 12.4. The van der Waals surface area contributed by atoms with Crippen molar-refractivity contribution in [2.45, 2.75) is 44.6 Å². The molecule has 0 aromatic heterocycles. The minimum atomic E-state index is -0.918. The Balaban J connectivity index is 1.98. The average Bonchev–Trinajstić information content (AvgIpc) is 2.81. The fourth-order valence-electron chi connectivity index (χ4n) is 4.34. The van der Waals surface area contributed by atoms with E-state index in [-0.39, 0.29) is 23.2 Å². The maximum absolute atomic E-state index is 14.3. The Morgan fingerprint density at radius 1 is 1.17 bits per heavy atom. The Morgan fingerprint density at radius 2 is 1.86 bits per heavy atom. The molecule has 3 rings (SSSR count). The summed E-state index contributed by atoms with van der Waals surface area (Å²) in [5.41, 5.74) is 1.30. The molecule has 196 valence electrons. The highest BCUT2D eigenvalue weighted by atomic mass is 35.5. The van der Waals surface area contributed by atoms with E-state index in [4.69, 9.17) is 21.1 Å². The molecule has 0 saturated carbocycles. The number of urea groups is 1. The zero-order valence-corrected chi connectivity index (χ0v) is 21.5. The number of carbonyl (C=O) groups is 2. The average molecular weight is 522 g/mol. The Morgan fingerprint density at radius 3 is 2.50 bits per heavy atom. The third-order valence-electron chi connectivity index (χ3n) is 6.28. The van der Waals surface area contributed by atoms with Crippen LogP contribution in [0.4, 0.5) is 26.2 Å². The summed E-state index contributed by atoms with van der Waals surface area (Å²) in [6, 6.07) is 9.09. The number of rotatable bonds is 10. The van der Waals surface area contributed by atoms with E-state index in [1.54, 1.807) is 13.2 Å². The molecule has 1 heterocycles. The summed E-state index contributed by atoms with van der Waals surface area (Å²) < 4.78 is 25.1. The van der Waals surface area contributed by atoms with Crippen LogP contribution < -0.4 is 15.5 Å². The number of carboxylic acids is 1. The fraction of sp³-hybridized carbons (Fsp3) is 0.462. The van der Waals surface area contributed by atoms with E-state index in [2.05, 4.69) is 15.5 Å². The predicted molar refractivity (Wildman–Crippen MR) is 139 cm³/mol. The second-order valence-electron chi connectivity index (χ2n) is 9.42. The zero-order valence-electron chi connectivity index (χ0n) is 20.8. The molecule has 2 aromatic rings. The van der Waals surface area contributed by atoms with Crippen molar-refractivity contribution >= 4 is 40.7 Å². The van der Waals surface area contributed by atoms with E-state index < -0.39 is 23.2 Å². The van der Waals surface area contributed by atoms with E-state index in [1.807, 2.05) is 26.0 Å². The van der Waals surface area contributed by atoms with Crippen LogP contribution in [0.5, 0.6) is 0 Å². The monoisotopic (exact) mass is 521 g/mol. The number of hydrogen-bond donors (Lipinski definition) is 3. The SMILES string of the molecule is COCCN(c1ccc(C(C)(C)CC(=O)O)cc1NC(=O)Nc1ccc(Cl)cc1F)C1CCOCC1. The maximum Gasteiger partial charge on any atom is 0.323 e. The van der Waals surface area contributed by atoms with Crippen molar-refractivity contribution in [3.05, 3.63) is 52.8 Å². The lowest BCUT2D eigenvalue weighted by molar-refractivity contribution is -0.138. The van der Waals surface area contributed by atoms with Gasteiger partial charge in [0.1, 0.15) is 5.82 Å². The van der Waals surface area contributed by atoms with Gasteiger partial charge in [-0.25, -0.2) is 9.18 Å². The molecule has 0 unspecified atom stereocenters. The van der Waals surface area contributed by atoms with Crippen LogP contribution in [0.1, 0.15) is 38.7 Å². The molecule has 10 heteroatoms. The number of ether oxygens (including phenoxy) is 2. The van der Waals surface area contributed by atoms with Gasteiger partial charge in [0.2, 0.25) is 0 Å². The quantitative estimate of drug-likeness (QED) is 0.381. The Labute approximate surface area is 215 Å². The number of aliphatic carboxylic acids is 1. The number of nitrogens with one attached hydrogen (secondary N) is 2. The lowest BCUT2D eigenvalue weighted by atomic mass is 9.81. The molecule has 2 amide bonds. The van der Waals surface area contributed by atoms with Crippen LogP contribution in [-0.2, 0) is 19.7 Å². The summed E-state index contributed by atoms with van der Waals surface area (Å²) in [6.07, 6.45) is 1.55. The Kier molecular flexibility index (Phi) is 9.53. The molecule has 3 N–H and O–H groups in total. The maximum atomic E-state index is 14.3. The first-order valence-electron chi connectivity index (χ1n) is 11.8. The van der Waals surface area contributed by atoms with Crippen molar-refractivity contribution in [3.8, 4) is 0 Å². The number of halogens is 2. The van der Waals surface area contributed by atoms with Gasteiger partial charge in [-0.1, -0.05) is 31.5 Å². The first-order chi connectivity index (χ1) is 17.1. The third-order valence-corrected chi connectivity index (χ3v) is 6.51. The molecule has 0 radical (unpaired) electrons. The highest BCUT2D eigenvalue weighted by Crippen LogP contribution is 2.36. The summed E-state index contributed by atoms with van der Waals surface area (Å²) in [5.74, 6) is -1.57. The van der Waals surface area contributed by atoms with Crippen molar-refractivity contribution in [2.75, 3.05) is 49.0 Å². The van der Waals surface area contributed by atoms with Crippen molar-refractivity contribution in [2.24, 2.45) is 0 Å². The molecular weight excluding hydrogens is 489 g/mol. The molecular formula is C26H33ClFN3O5. The topological polar surface area (TPSA) is 100 Å². The van der Waals surface area contributed by atoms with Gasteiger partial charge in [-0.05, 0) is 48.7 Å². The molecule has 1 aliphatic rings.